The van der Waals surface area contributed by atoms with Gasteiger partial charge in [0.2, 0.25) is 5.91 Å². The number of rotatable bonds is 3. The Morgan fingerprint density at radius 2 is 1.71 bits per heavy atom. The van der Waals surface area contributed by atoms with Gasteiger partial charge in [-0.3, -0.25) is 9.78 Å². The van der Waals surface area contributed by atoms with E-state index in [1.807, 2.05) is 0 Å². The van der Waals surface area contributed by atoms with Gasteiger partial charge in [-0.05, 0) is 36.0 Å². The van der Waals surface area contributed by atoms with Crippen molar-refractivity contribution in [2.24, 2.45) is 5.73 Å². The minimum absolute atomic E-state index is 0.442. The quantitative estimate of drug-likeness (QED) is 0.927. The number of aromatic nitrogens is 1. The second-order valence-corrected chi connectivity index (χ2v) is 5.78. The van der Waals surface area contributed by atoms with Gasteiger partial charge in [0.05, 0.1) is 5.56 Å². The summed E-state index contributed by atoms with van der Waals surface area (Å²) in [7, 11) is 0. The molecule has 3 nitrogen and oxygen atoms in total. The number of primary amides is 1. The van der Waals surface area contributed by atoms with Gasteiger partial charge in [0.1, 0.15) is 0 Å². The van der Waals surface area contributed by atoms with E-state index < -0.39 is 5.91 Å². The summed E-state index contributed by atoms with van der Waals surface area (Å²) in [4.78, 5) is 15.3. The Kier molecular flexibility index (Phi) is 4.00. The molecular formula is C18H20N2O. The fourth-order valence-corrected chi connectivity index (χ4v) is 3.12. The van der Waals surface area contributed by atoms with Crippen LogP contribution in [0.4, 0.5) is 0 Å². The number of carbonyl (C=O) groups excluding carboxylic acids is 1. The molecule has 2 aromatic rings. The van der Waals surface area contributed by atoms with Crippen LogP contribution in [0, 0.1) is 0 Å². The molecule has 0 aliphatic heterocycles. The molecule has 0 spiro atoms. The third-order valence-electron chi connectivity index (χ3n) is 4.34. The van der Waals surface area contributed by atoms with Crippen molar-refractivity contribution in [3.63, 3.8) is 0 Å². The Hall–Kier alpha value is -2.16. The van der Waals surface area contributed by atoms with E-state index in [1.165, 1.54) is 43.9 Å². The molecule has 1 heterocycles. The molecule has 1 aromatic heterocycles. The molecule has 1 fully saturated rings. The van der Waals surface area contributed by atoms with E-state index in [1.54, 1.807) is 12.3 Å². The van der Waals surface area contributed by atoms with Crippen LogP contribution >= 0.6 is 0 Å². The predicted octanol–water partition coefficient (Wildman–Crippen LogP) is 3.90. The molecule has 108 valence electrons. The molecule has 1 saturated carbocycles. The maximum atomic E-state index is 11.2. The van der Waals surface area contributed by atoms with E-state index in [2.05, 4.69) is 29.2 Å². The van der Waals surface area contributed by atoms with Gasteiger partial charge in [-0.1, -0.05) is 43.5 Å². The van der Waals surface area contributed by atoms with Crippen LogP contribution in [0.15, 0.2) is 42.7 Å². The standard InChI is InChI=1S/C18H20N2O/c19-18(21)17-10-16(11-20-12-17)15-8-6-14(7-9-15)13-4-2-1-3-5-13/h6-13H,1-5H2,(H2,19,21). The van der Waals surface area contributed by atoms with Gasteiger partial charge in [0.15, 0.2) is 0 Å². The highest BCUT2D eigenvalue weighted by molar-refractivity contribution is 5.93. The summed E-state index contributed by atoms with van der Waals surface area (Å²) in [6.45, 7) is 0. The summed E-state index contributed by atoms with van der Waals surface area (Å²) in [6.07, 6.45) is 9.94. The highest BCUT2D eigenvalue weighted by Crippen LogP contribution is 2.33. The Morgan fingerprint density at radius 3 is 2.38 bits per heavy atom. The third kappa shape index (κ3) is 3.13. The van der Waals surface area contributed by atoms with E-state index >= 15 is 0 Å². The van der Waals surface area contributed by atoms with Crippen molar-refractivity contribution < 1.29 is 4.79 Å². The highest BCUT2D eigenvalue weighted by atomic mass is 16.1. The van der Waals surface area contributed by atoms with Crippen LogP contribution in [0.5, 0.6) is 0 Å². The molecule has 0 saturated heterocycles. The van der Waals surface area contributed by atoms with Crippen LogP contribution in [-0.2, 0) is 0 Å². The summed E-state index contributed by atoms with van der Waals surface area (Å²) in [5.41, 5.74) is 9.19. The lowest BCUT2D eigenvalue weighted by atomic mass is 9.84. The molecule has 3 rings (SSSR count). The van der Waals surface area contributed by atoms with Crippen molar-refractivity contribution in [3.05, 3.63) is 53.9 Å². The molecular weight excluding hydrogens is 260 g/mol. The van der Waals surface area contributed by atoms with E-state index in [4.69, 9.17) is 5.73 Å². The zero-order valence-corrected chi connectivity index (χ0v) is 12.1. The maximum Gasteiger partial charge on any atom is 0.250 e. The molecule has 3 heteroatoms. The molecule has 1 aliphatic rings. The minimum Gasteiger partial charge on any atom is -0.366 e. The number of carbonyl (C=O) groups is 1. The first-order valence-corrected chi connectivity index (χ1v) is 7.59. The van der Waals surface area contributed by atoms with E-state index in [9.17, 15) is 4.79 Å². The first-order chi connectivity index (χ1) is 10.2. The summed E-state index contributed by atoms with van der Waals surface area (Å²) in [5, 5.41) is 0. The Labute approximate surface area is 125 Å². The summed E-state index contributed by atoms with van der Waals surface area (Å²) in [6, 6.07) is 10.5. The molecule has 0 bridgehead atoms. The molecule has 2 N–H and O–H groups in total. The Morgan fingerprint density at radius 1 is 1.00 bits per heavy atom. The van der Waals surface area contributed by atoms with Gasteiger partial charge in [0.25, 0.3) is 0 Å². The molecule has 0 atom stereocenters. The first-order valence-electron chi connectivity index (χ1n) is 7.59. The van der Waals surface area contributed by atoms with Crippen LogP contribution in [0.3, 0.4) is 0 Å². The molecule has 21 heavy (non-hydrogen) atoms. The van der Waals surface area contributed by atoms with Crippen LogP contribution in [0.1, 0.15) is 53.9 Å². The van der Waals surface area contributed by atoms with E-state index in [0.717, 1.165) is 11.1 Å². The van der Waals surface area contributed by atoms with Crippen LogP contribution in [-0.4, -0.2) is 10.9 Å². The molecule has 0 unspecified atom stereocenters. The Bertz CT molecular complexity index is 628. The number of benzene rings is 1. The Balaban J connectivity index is 1.83. The first kappa shape index (κ1) is 13.8. The van der Waals surface area contributed by atoms with Crippen LogP contribution < -0.4 is 5.73 Å². The van der Waals surface area contributed by atoms with Crippen LogP contribution in [0.2, 0.25) is 0 Å². The third-order valence-corrected chi connectivity index (χ3v) is 4.34. The topological polar surface area (TPSA) is 56.0 Å². The average molecular weight is 280 g/mol. The molecule has 0 radical (unpaired) electrons. The molecule has 1 aromatic carbocycles. The SMILES string of the molecule is NC(=O)c1cncc(-c2ccc(C3CCCCC3)cc2)c1. The van der Waals surface area contributed by atoms with Crippen molar-refractivity contribution in [1.29, 1.82) is 0 Å². The minimum atomic E-state index is -0.442. The maximum absolute atomic E-state index is 11.2. The monoisotopic (exact) mass is 280 g/mol. The number of nitrogens with zero attached hydrogens (tertiary/aromatic N) is 1. The van der Waals surface area contributed by atoms with Crippen molar-refractivity contribution in [2.45, 2.75) is 38.0 Å². The average Bonchev–Trinajstić information content (AvgIpc) is 2.56. The van der Waals surface area contributed by atoms with Gasteiger partial charge in [-0.25, -0.2) is 0 Å². The van der Waals surface area contributed by atoms with Gasteiger partial charge in [-0.2, -0.15) is 0 Å². The lowest BCUT2D eigenvalue weighted by Crippen LogP contribution is -2.11. The number of hydrogen-bond donors (Lipinski definition) is 1. The zero-order valence-electron chi connectivity index (χ0n) is 12.1. The van der Waals surface area contributed by atoms with Crippen molar-refractivity contribution >= 4 is 5.91 Å². The van der Waals surface area contributed by atoms with Gasteiger partial charge in [-0.15, -0.1) is 0 Å². The van der Waals surface area contributed by atoms with Gasteiger partial charge < -0.3 is 5.73 Å². The van der Waals surface area contributed by atoms with Gasteiger partial charge in [0, 0.05) is 18.0 Å². The van der Waals surface area contributed by atoms with Gasteiger partial charge >= 0.3 is 0 Å². The normalized spacial score (nSPS) is 15.8. The predicted molar refractivity (Wildman–Crippen MR) is 84.0 cm³/mol. The number of pyridine rings is 1. The van der Waals surface area contributed by atoms with E-state index in [0.29, 0.717) is 11.5 Å². The number of hydrogen-bond acceptors (Lipinski definition) is 2. The second-order valence-electron chi connectivity index (χ2n) is 5.78. The largest absolute Gasteiger partial charge is 0.366 e. The lowest BCUT2D eigenvalue weighted by molar-refractivity contribution is 0.1000. The van der Waals surface area contributed by atoms with Crippen molar-refractivity contribution in [3.8, 4) is 11.1 Å². The number of nitrogens with two attached hydrogens (primary N) is 1. The summed E-state index contributed by atoms with van der Waals surface area (Å²) >= 11 is 0. The second kappa shape index (κ2) is 6.08. The van der Waals surface area contributed by atoms with E-state index in [-0.39, 0.29) is 0 Å². The van der Waals surface area contributed by atoms with Crippen molar-refractivity contribution in [2.75, 3.05) is 0 Å². The lowest BCUT2D eigenvalue weighted by Gasteiger charge is -2.22. The highest BCUT2D eigenvalue weighted by Gasteiger charge is 2.15. The summed E-state index contributed by atoms with van der Waals surface area (Å²) < 4.78 is 0. The summed E-state index contributed by atoms with van der Waals surface area (Å²) in [5.74, 6) is 0.269. The molecule has 1 amide bonds. The smallest absolute Gasteiger partial charge is 0.250 e. The van der Waals surface area contributed by atoms with Crippen LogP contribution in [0.25, 0.3) is 11.1 Å². The fourth-order valence-electron chi connectivity index (χ4n) is 3.12. The zero-order chi connectivity index (χ0) is 14.7. The number of amides is 1. The molecule has 1 aliphatic carbocycles. The van der Waals surface area contributed by atoms with Crippen molar-refractivity contribution in [1.82, 2.24) is 4.98 Å². The fraction of sp³-hybridized carbons (Fsp3) is 0.333.